The van der Waals surface area contributed by atoms with Crippen LogP contribution in [0.25, 0.3) is 16.7 Å². The molecular formula is C20H22N4OS. The van der Waals surface area contributed by atoms with E-state index in [9.17, 15) is 10.1 Å². The topological polar surface area (TPSA) is 61.4 Å². The van der Waals surface area contributed by atoms with Crippen LogP contribution in [0.2, 0.25) is 0 Å². The van der Waals surface area contributed by atoms with Gasteiger partial charge < -0.3 is 4.90 Å². The highest BCUT2D eigenvalue weighted by Crippen LogP contribution is 2.30. The Bertz CT molecular complexity index is 998. The number of hydrogen-bond donors (Lipinski definition) is 0. The summed E-state index contributed by atoms with van der Waals surface area (Å²) in [4.78, 5) is 18.9. The minimum atomic E-state index is 0.125. The van der Waals surface area contributed by atoms with Gasteiger partial charge in [-0.3, -0.25) is 9.20 Å². The SMILES string of the molecule is CCc1cc(SCC(=O)N(CC)CC)n2c(nc3ccccc32)c1C#N. The van der Waals surface area contributed by atoms with E-state index in [2.05, 4.69) is 11.1 Å². The summed E-state index contributed by atoms with van der Waals surface area (Å²) in [7, 11) is 0. The molecule has 0 N–H and O–H groups in total. The molecule has 3 aromatic rings. The van der Waals surface area contributed by atoms with Gasteiger partial charge in [-0.2, -0.15) is 5.26 Å². The quantitative estimate of drug-likeness (QED) is 0.621. The molecule has 0 radical (unpaired) electrons. The second kappa shape index (κ2) is 7.79. The third-order valence-electron chi connectivity index (χ3n) is 4.58. The van der Waals surface area contributed by atoms with Crippen LogP contribution >= 0.6 is 11.8 Å². The lowest BCUT2D eigenvalue weighted by Gasteiger charge is -2.18. The second-order valence-electron chi connectivity index (χ2n) is 5.96. The van der Waals surface area contributed by atoms with E-state index >= 15 is 0 Å². The monoisotopic (exact) mass is 366 g/mol. The van der Waals surface area contributed by atoms with Gasteiger partial charge in [-0.15, -0.1) is 0 Å². The van der Waals surface area contributed by atoms with Crippen molar-refractivity contribution in [3.63, 3.8) is 0 Å². The maximum atomic E-state index is 12.4. The van der Waals surface area contributed by atoms with Gasteiger partial charge in [-0.1, -0.05) is 30.8 Å². The van der Waals surface area contributed by atoms with Crippen LogP contribution in [0.1, 0.15) is 31.9 Å². The predicted molar refractivity (Wildman–Crippen MR) is 105 cm³/mol. The van der Waals surface area contributed by atoms with E-state index in [1.807, 2.05) is 60.4 Å². The minimum Gasteiger partial charge on any atom is -0.343 e. The highest BCUT2D eigenvalue weighted by Gasteiger charge is 2.18. The fourth-order valence-electron chi connectivity index (χ4n) is 3.16. The number of carbonyl (C=O) groups excluding carboxylic acids is 1. The zero-order valence-corrected chi connectivity index (χ0v) is 16.1. The highest BCUT2D eigenvalue weighted by atomic mass is 32.2. The first-order valence-corrected chi connectivity index (χ1v) is 9.86. The Morgan fingerprint density at radius 1 is 1.27 bits per heavy atom. The van der Waals surface area contributed by atoms with Crippen molar-refractivity contribution < 1.29 is 4.79 Å². The summed E-state index contributed by atoms with van der Waals surface area (Å²) in [6.45, 7) is 7.44. The van der Waals surface area contributed by atoms with Gasteiger partial charge in [-0.25, -0.2) is 4.98 Å². The molecule has 0 saturated heterocycles. The number of amides is 1. The van der Waals surface area contributed by atoms with Crippen molar-refractivity contribution in [3.8, 4) is 6.07 Å². The van der Waals surface area contributed by atoms with Gasteiger partial charge in [0.1, 0.15) is 6.07 Å². The summed E-state index contributed by atoms with van der Waals surface area (Å²) in [5.74, 6) is 0.498. The number of carbonyl (C=O) groups is 1. The van der Waals surface area contributed by atoms with Crippen LogP contribution in [0, 0.1) is 11.3 Å². The molecule has 0 aliphatic rings. The number of aryl methyl sites for hydroxylation is 1. The molecule has 3 rings (SSSR count). The molecule has 5 nitrogen and oxygen atoms in total. The Kier molecular flexibility index (Phi) is 5.48. The number of hydrogen-bond acceptors (Lipinski definition) is 4. The van der Waals surface area contributed by atoms with Crippen molar-refractivity contribution in [2.75, 3.05) is 18.8 Å². The number of nitrogens with zero attached hydrogens (tertiary/aromatic N) is 4. The van der Waals surface area contributed by atoms with Crippen molar-refractivity contribution in [2.45, 2.75) is 32.2 Å². The first-order chi connectivity index (χ1) is 12.6. The van der Waals surface area contributed by atoms with E-state index in [-0.39, 0.29) is 5.91 Å². The van der Waals surface area contributed by atoms with E-state index in [0.29, 0.717) is 30.1 Å². The Balaban J connectivity index is 2.12. The maximum Gasteiger partial charge on any atom is 0.232 e. The summed E-state index contributed by atoms with van der Waals surface area (Å²) in [6, 6.07) is 12.2. The van der Waals surface area contributed by atoms with Crippen molar-refractivity contribution in [3.05, 3.63) is 41.5 Å². The fraction of sp³-hybridized carbons (Fsp3) is 0.350. The third-order valence-corrected chi connectivity index (χ3v) is 5.56. The van der Waals surface area contributed by atoms with Gasteiger partial charge in [-0.05, 0) is 44.0 Å². The van der Waals surface area contributed by atoms with Crippen LogP contribution in [0.15, 0.2) is 35.4 Å². The molecule has 0 aliphatic heterocycles. The van der Waals surface area contributed by atoms with Gasteiger partial charge in [0.2, 0.25) is 5.91 Å². The first kappa shape index (κ1) is 18.3. The number of aromatic nitrogens is 2. The van der Waals surface area contributed by atoms with Gasteiger partial charge >= 0.3 is 0 Å². The maximum absolute atomic E-state index is 12.4. The molecule has 26 heavy (non-hydrogen) atoms. The van der Waals surface area contributed by atoms with Crippen LogP contribution < -0.4 is 0 Å². The fourth-order valence-corrected chi connectivity index (χ4v) is 4.15. The van der Waals surface area contributed by atoms with Crippen molar-refractivity contribution in [1.82, 2.24) is 14.3 Å². The molecule has 1 amide bonds. The van der Waals surface area contributed by atoms with Crippen LogP contribution in [0.3, 0.4) is 0 Å². The smallest absolute Gasteiger partial charge is 0.232 e. The van der Waals surface area contributed by atoms with Crippen LogP contribution in [0.5, 0.6) is 0 Å². The first-order valence-electron chi connectivity index (χ1n) is 8.88. The molecule has 1 aromatic carbocycles. The lowest BCUT2D eigenvalue weighted by atomic mass is 10.1. The van der Waals surface area contributed by atoms with E-state index in [1.54, 1.807) is 0 Å². The molecule has 0 unspecified atom stereocenters. The number of fused-ring (bicyclic) bond motifs is 3. The lowest BCUT2D eigenvalue weighted by molar-refractivity contribution is -0.127. The molecule has 0 aliphatic carbocycles. The normalized spacial score (nSPS) is 11.0. The molecular weight excluding hydrogens is 344 g/mol. The largest absolute Gasteiger partial charge is 0.343 e. The van der Waals surface area contributed by atoms with E-state index in [0.717, 1.165) is 28.0 Å². The average Bonchev–Trinajstić information content (AvgIpc) is 3.06. The zero-order chi connectivity index (χ0) is 18.7. The third kappa shape index (κ3) is 3.15. The molecule has 2 aromatic heterocycles. The van der Waals surface area contributed by atoms with Crippen LogP contribution in [-0.4, -0.2) is 39.0 Å². The molecule has 0 atom stereocenters. The predicted octanol–water partition coefficient (Wildman–Crippen LogP) is 3.88. The van der Waals surface area contributed by atoms with Crippen LogP contribution in [0.4, 0.5) is 0 Å². The Labute approximate surface area is 157 Å². The standard InChI is InChI=1S/C20H22N4OS/c1-4-14-11-19(26-13-18(25)23(5-2)6-3)24-17-10-8-7-9-16(17)22-20(24)15(14)12-21/h7-11H,4-6,13H2,1-3H3. The zero-order valence-electron chi connectivity index (χ0n) is 15.3. The van der Waals surface area contributed by atoms with Crippen LogP contribution in [-0.2, 0) is 11.2 Å². The molecule has 0 bridgehead atoms. The Morgan fingerprint density at radius 2 is 2.00 bits per heavy atom. The summed E-state index contributed by atoms with van der Waals surface area (Å²) < 4.78 is 2.01. The lowest BCUT2D eigenvalue weighted by Crippen LogP contribution is -2.31. The van der Waals surface area contributed by atoms with E-state index in [1.165, 1.54) is 11.8 Å². The van der Waals surface area contributed by atoms with Gasteiger partial charge in [0.25, 0.3) is 0 Å². The highest BCUT2D eigenvalue weighted by molar-refractivity contribution is 7.99. The number of para-hydroxylation sites is 2. The average molecular weight is 366 g/mol. The summed E-state index contributed by atoms with van der Waals surface area (Å²) in [5.41, 5.74) is 4.07. The van der Waals surface area contributed by atoms with E-state index < -0.39 is 0 Å². The second-order valence-corrected chi connectivity index (χ2v) is 6.96. The van der Waals surface area contributed by atoms with Gasteiger partial charge in [0, 0.05) is 13.1 Å². The molecule has 0 spiro atoms. The van der Waals surface area contributed by atoms with Crippen molar-refractivity contribution >= 4 is 34.3 Å². The van der Waals surface area contributed by atoms with Gasteiger partial charge in [0.15, 0.2) is 5.65 Å². The number of imidazole rings is 1. The Morgan fingerprint density at radius 3 is 2.65 bits per heavy atom. The number of benzene rings is 1. The van der Waals surface area contributed by atoms with Crippen molar-refractivity contribution in [1.29, 1.82) is 5.26 Å². The number of rotatable bonds is 6. The number of pyridine rings is 1. The minimum absolute atomic E-state index is 0.125. The Hall–Kier alpha value is -2.52. The summed E-state index contributed by atoms with van der Waals surface area (Å²) in [5, 5.41) is 10.6. The van der Waals surface area contributed by atoms with E-state index in [4.69, 9.17) is 0 Å². The molecule has 0 fully saturated rings. The summed E-state index contributed by atoms with van der Waals surface area (Å²) in [6.07, 6.45) is 0.750. The van der Waals surface area contributed by atoms with Gasteiger partial charge in [0.05, 0.1) is 27.4 Å². The van der Waals surface area contributed by atoms with Crippen molar-refractivity contribution in [2.24, 2.45) is 0 Å². The molecule has 0 saturated carbocycles. The molecule has 2 heterocycles. The summed E-state index contributed by atoms with van der Waals surface area (Å²) >= 11 is 1.51. The molecule has 134 valence electrons. The molecule has 6 heteroatoms. The number of thioether (sulfide) groups is 1. The number of nitriles is 1.